The molecule has 2 unspecified atom stereocenters. The number of piperidine rings is 1. The molecule has 0 aromatic carbocycles. The van der Waals surface area contributed by atoms with Gasteiger partial charge in [0, 0.05) is 38.5 Å². The monoisotopic (exact) mass is 279 g/mol. The van der Waals surface area contributed by atoms with E-state index in [1.165, 1.54) is 4.90 Å². The number of alkyl halides is 3. The second-order valence-electron chi connectivity index (χ2n) is 5.31. The number of aliphatic hydroxyl groups excluding tert-OH is 1. The van der Waals surface area contributed by atoms with Gasteiger partial charge in [0.1, 0.15) is 5.78 Å². The number of likely N-dealkylation sites (tertiary alicyclic amines) is 1. The lowest BCUT2D eigenvalue weighted by Gasteiger charge is -2.40. The van der Waals surface area contributed by atoms with Crippen molar-refractivity contribution >= 4 is 11.7 Å². The van der Waals surface area contributed by atoms with Gasteiger partial charge in [0.05, 0.1) is 11.8 Å². The molecule has 1 aliphatic heterocycles. The Balaban J connectivity index is 1.97. The van der Waals surface area contributed by atoms with Gasteiger partial charge in [-0.3, -0.25) is 9.59 Å². The van der Waals surface area contributed by atoms with Crippen LogP contribution in [-0.4, -0.2) is 47.6 Å². The lowest BCUT2D eigenvalue weighted by molar-refractivity contribution is -0.205. The zero-order valence-electron chi connectivity index (χ0n) is 10.3. The molecular formula is C12H16F3NO3. The predicted molar refractivity (Wildman–Crippen MR) is 59.0 cm³/mol. The van der Waals surface area contributed by atoms with Crippen molar-refractivity contribution in [2.75, 3.05) is 19.7 Å². The highest BCUT2D eigenvalue weighted by Gasteiger charge is 2.48. The summed E-state index contributed by atoms with van der Waals surface area (Å²) in [7, 11) is 0. The summed E-state index contributed by atoms with van der Waals surface area (Å²) in [5, 5.41) is 9.08. The summed E-state index contributed by atoms with van der Waals surface area (Å²) in [6, 6.07) is 0. The lowest BCUT2D eigenvalue weighted by Crippen LogP contribution is -2.52. The first-order valence-electron chi connectivity index (χ1n) is 6.31. The molecule has 7 heteroatoms. The van der Waals surface area contributed by atoms with Crippen molar-refractivity contribution in [1.29, 1.82) is 0 Å². The van der Waals surface area contributed by atoms with Crippen LogP contribution in [0.5, 0.6) is 0 Å². The topological polar surface area (TPSA) is 57.6 Å². The SMILES string of the molecule is O=C1CC(C(=O)N2CCC(C(F)(F)F)C(CO)C2)C1. The Morgan fingerprint density at radius 2 is 2.00 bits per heavy atom. The highest BCUT2D eigenvalue weighted by molar-refractivity contribution is 5.96. The average molecular weight is 279 g/mol. The molecule has 0 spiro atoms. The number of amides is 1. The minimum absolute atomic E-state index is 0.0160. The van der Waals surface area contributed by atoms with E-state index in [2.05, 4.69) is 0 Å². The Hall–Kier alpha value is -1.11. The van der Waals surface area contributed by atoms with Crippen LogP contribution >= 0.6 is 0 Å². The van der Waals surface area contributed by atoms with Crippen LogP contribution in [-0.2, 0) is 9.59 Å². The van der Waals surface area contributed by atoms with E-state index in [1.54, 1.807) is 0 Å². The molecule has 2 aliphatic rings. The first-order chi connectivity index (χ1) is 8.82. The predicted octanol–water partition coefficient (Wildman–Crippen LogP) is 0.985. The van der Waals surface area contributed by atoms with Crippen LogP contribution < -0.4 is 0 Å². The van der Waals surface area contributed by atoms with Gasteiger partial charge in [-0.25, -0.2) is 0 Å². The number of halogens is 3. The molecule has 19 heavy (non-hydrogen) atoms. The van der Waals surface area contributed by atoms with Gasteiger partial charge in [0.2, 0.25) is 5.91 Å². The van der Waals surface area contributed by atoms with Gasteiger partial charge >= 0.3 is 6.18 Å². The molecule has 2 atom stereocenters. The van der Waals surface area contributed by atoms with Crippen molar-refractivity contribution in [3.05, 3.63) is 0 Å². The highest BCUT2D eigenvalue weighted by atomic mass is 19.4. The molecule has 1 saturated heterocycles. The fourth-order valence-corrected chi connectivity index (χ4v) is 2.77. The summed E-state index contributed by atoms with van der Waals surface area (Å²) in [6.07, 6.45) is -4.13. The van der Waals surface area contributed by atoms with Gasteiger partial charge in [-0.1, -0.05) is 0 Å². The van der Waals surface area contributed by atoms with Crippen LogP contribution in [0.2, 0.25) is 0 Å². The van der Waals surface area contributed by atoms with Crippen molar-refractivity contribution in [3.8, 4) is 0 Å². The Morgan fingerprint density at radius 1 is 1.37 bits per heavy atom. The third-order valence-electron chi connectivity index (χ3n) is 4.00. The maximum atomic E-state index is 12.7. The molecule has 0 bridgehead atoms. The van der Waals surface area contributed by atoms with E-state index in [-0.39, 0.29) is 50.0 Å². The smallest absolute Gasteiger partial charge is 0.392 e. The minimum atomic E-state index is -4.34. The van der Waals surface area contributed by atoms with Crippen molar-refractivity contribution in [2.45, 2.75) is 25.4 Å². The average Bonchev–Trinajstić information content (AvgIpc) is 2.32. The molecular weight excluding hydrogens is 263 g/mol. The van der Waals surface area contributed by atoms with Gasteiger partial charge in [-0.2, -0.15) is 13.2 Å². The second kappa shape index (κ2) is 5.11. The summed E-state index contributed by atoms with van der Waals surface area (Å²) >= 11 is 0. The van der Waals surface area contributed by atoms with Crippen LogP contribution in [0.3, 0.4) is 0 Å². The zero-order chi connectivity index (χ0) is 14.2. The number of aliphatic hydroxyl groups is 1. The van der Waals surface area contributed by atoms with Crippen LogP contribution in [0, 0.1) is 17.8 Å². The van der Waals surface area contributed by atoms with Gasteiger partial charge in [-0.05, 0) is 6.42 Å². The highest BCUT2D eigenvalue weighted by Crippen LogP contribution is 2.38. The summed E-state index contributed by atoms with van der Waals surface area (Å²) in [5.41, 5.74) is 0. The Labute approximate surface area is 108 Å². The van der Waals surface area contributed by atoms with Crippen molar-refractivity contribution in [1.82, 2.24) is 4.90 Å². The molecule has 1 saturated carbocycles. The molecule has 1 aliphatic carbocycles. The number of nitrogens with zero attached hydrogens (tertiary/aromatic N) is 1. The molecule has 1 amide bonds. The largest absolute Gasteiger partial charge is 0.396 e. The number of hydrogen-bond acceptors (Lipinski definition) is 3. The number of Topliss-reactive ketones (excluding diaryl/α,β-unsaturated/α-hetero) is 1. The van der Waals surface area contributed by atoms with Gasteiger partial charge < -0.3 is 10.0 Å². The van der Waals surface area contributed by atoms with Gasteiger partial charge in [0.15, 0.2) is 0 Å². The first-order valence-corrected chi connectivity index (χ1v) is 6.31. The maximum absolute atomic E-state index is 12.7. The molecule has 0 radical (unpaired) electrons. The molecule has 1 N–H and O–H groups in total. The summed E-state index contributed by atoms with van der Waals surface area (Å²) < 4.78 is 38.2. The molecule has 0 aromatic heterocycles. The van der Waals surface area contributed by atoms with E-state index in [0.717, 1.165) is 0 Å². The van der Waals surface area contributed by atoms with Crippen molar-refractivity contribution in [2.24, 2.45) is 17.8 Å². The Kier molecular flexibility index (Phi) is 3.85. The van der Waals surface area contributed by atoms with Gasteiger partial charge in [-0.15, -0.1) is 0 Å². The molecule has 2 rings (SSSR count). The van der Waals surface area contributed by atoms with Crippen LogP contribution in [0.1, 0.15) is 19.3 Å². The van der Waals surface area contributed by atoms with E-state index in [9.17, 15) is 22.8 Å². The van der Waals surface area contributed by atoms with E-state index in [4.69, 9.17) is 5.11 Å². The van der Waals surface area contributed by atoms with Crippen molar-refractivity contribution < 1.29 is 27.9 Å². The molecule has 0 aromatic rings. The van der Waals surface area contributed by atoms with E-state index in [0.29, 0.717) is 0 Å². The molecule has 4 nitrogen and oxygen atoms in total. The van der Waals surface area contributed by atoms with Crippen LogP contribution in [0.25, 0.3) is 0 Å². The van der Waals surface area contributed by atoms with Crippen molar-refractivity contribution in [3.63, 3.8) is 0 Å². The summed E-state index contributed by atoms with van der Waals surface area (Å²) in [4.78, 5) is 24.2. The number of carbonyl (C=O) groups excluding carboxylic acids is 2. The quantitative estimate of drug-likeness (QED) is 0.820. The number of carbonyl (C=O) groups is 2. The normalized spacial score (nSPS) is 29.3. The number of ketones is 1. The van der Waals surface area contributed by atoms with Crippen LogP contribution in [0.4, 0.5) is 13.2 Å². The Morgan fingerprint density at radius 3 is 2.47 bits per heavy atom. The fraction of sp³-hybridized carbons (Fsp3) is 0.833. The standard InChI is InChI=1S/C12H16F3NO3/c13-12(14,15)10-1-2-16(5-8(10)6-17)11(19)7-3-9(18)4-7/h7-8,10,17H,1-6H2. The van der Waals surface area contributed by atoms with E-state index in [1.807, 2.05) is 0 Å². The third-order valence-corrected chi connectivity index (χ3v) is 4.00. The first kappa shape index (κ1) is 14.3. The number of hydrogen-bond donors (Lipinski definition) is 1. The maximum Gasteiger partial charge on any atom is 0.392 e. The summed E-state index contributed by atoms with van der Waals surface area (Å²) in [6.45, 7) is -0.619. The summed E-state index contributed by atoms with van der Waals surface area (Å²) in [5.74, 6) is -3.12. The fourth-order valence-electron chi connectivity index (χ4n) is 2.77. The zero-order valence-corrected chi connectivity index (χ0v) is 10.3. The molecule has 108 valence electrons. The van der Waals surface area contributed by atoms with E-state index < -0.39 is 24.6 Å². The Bertz CT molecular complexity index is 375. The third kappa shape index (κ3) is 2.91. The number of rotatable bonds is 2. The second-order valence-corrected chi connectivity index (χ2v) is 5.31. The molecule has 1 heterocycles. The lowest BCUT2D eigenvalue weighted by atomic mass is 9.80. The molecule has 2 fully saturated rings. The van der Waals surface area contributed by atoms with E-state index >= 15 is 0 Å². The van der Waals surface area contributed by atoms with Gasteiger partial charge in [0.25, 0.3) is 0 Å². The van der Waals surface area contributed by atoms with Crippen LogP contribution in [0.15, 0.2) is 0 Å². The minimum Gasteiger partial charge on any atom is -0.396 e.